The van der Waals surface area contributed by atoms with Crippen molar-refractivity contribution in [3.8, 4) is 5.75 Å². The normalized spacial score (nSPS) is 10.8. The summed E-state index contributed by atoms with van der Waals surface area (Å²) in [7, 11) is -5.14. The van der Waals surface area contributed by atoms with E-state index in [1.807, 2.05) is 0 Å². The van der Waals surface area contributed by atoms with Crippen molar-refractivity contribution in [2.45, 2.75) is 32.4 Å². The van der Waals surface area contributed by atoms with Gasteiger partial charge in [0.05, 0.1) is 25.7 Å². The Hall–Kier alpha value is -1.64. The molecule has 1 heterocycles. The molecule has 1 aromatic heterocycles. The van der Waals surface area contributed by atoms with Gasteiger partial charge in [-0.15, -0.1) is 0 Å². The number of aromatic hydroxyl groups is 1. The largest absolute Gasteiger partial charge is 2.00 e. The minimum absolute atomic E-state index is 0. The van der Waals surface area contributed by atoms with Crippen molar-refractivity contribution in [1.29, 1.82) is 0 Å². The van der Waals surface area contributed by atoms with Crippen molar-refractivity contribution in [3.05, 3.63) is 23.0 Å². The van der Waals surface area contributed by atoms with Crippen LogP contribution in [0.25, 0.3) is 0 Å². The number of hydrogen-bond donors (Lipinski definition) is 6. The summed E-state index contributed by atoms with van der Waals surface area (Å²) in [4.78, 5) is 58.4. The number of aliphatic hydroxyl groups is 1. The van der Waals surface area contributed by atoms with Gasteiger partial charge in [-0.2, -0.15) is 0 Å². The van der Waals surface area contributed by atoms with Crippen molar-refractivity contribution in [1.82, 2.24) is 4.98 Å². The van der Waals surface area contributed by atoms with E-state index >= 15 is 0 Å². The molecule has 0 aliphatic carbocycles. The van der Waals surface area contributed by atoms with Gasteiger partial charge in [0.25, 0.3) is 0 Å². The number of aliphatic hydroxyl groups excluding tert-OH is 1. The molecule has 0 saturated carbocycles. The van der Waals surface area contributed by atoms with Crippen LogP contribution in [0.5, 0.6) is 5.75 Å². The summed E-state index contributed by atoms with van der Waals surface area (Å²) in [6, 6.07) is -1.06. The Morgan fingerprint density at radius 1 is 1.36 bits per heavy atom. The molecule has 7 N–H and O–H groups in total. The van der Waals surface area contributed by atoms with Gasteiger partial charge in [0.15, 0.2) is 6.29 Å². The van der Waals surface area contributed by atoms with Gasteiger partial charge in [-0.05, 0) is 13.3 Å². The van der Waals surface area contributed by atoms with Gasteiger partial charge < -0.3 is 45.4 Å². The van der Waals surface area contributed by atoms with E-state index in [9.17, 15) is 19.5 Å². The van der Waals surface area contributed by atoms with E-state index in [-0.39, 0.29) is 53.8 Å². The number of phosphoric acid groups is 1. The third-order valence-electron chi connectivity index (χ3n) is 2.63. The van der Waals surface area contributed by atoms with Crippen LogP contribution in [0.15, 0.2) is 6.20 Å². The molecule has 15 heteroatoms. The minimum Gasteiger partial charge on any atom is -0.790 e. The number of carboxylic acid groups (broad SMARTS) is 2. The average Bonchev–Trinajstić information content (AvgIpc) is 2.53. The molecule has 0 bridgehead atoms. The SMILES string of the molecule is Cc1ncc(CO)c(C=O)c1O.N[C@@H](CCC(=O)O)C(=O)O.O=P([O-])([O-])O.[Mg+2]. The van der Waals surface area contributed by atoms with Gasteiger partial charge in [0.1, 0.15) is 11.8 Å². The first-order chi connectivity index (χ1) is 12.2. The second kappa shape index (κ2) is 15.3. The zero-order valence-corrected chi connectivity index (χ0v) is 17.0. The number of nitrogens with two attached hydrogens (primary N) is 1. The predicted molar refractivity (Wildman–Crippen MR) is 90.0 cm³/mol. The molecule has 1 atom stereocenters. The summed E-state index contributed by atoms with van der Waals surface area (Å²) < 4.78 is 8.66. The maximum atomic E-state index is 10.5. The summed E-state index contributed by atoms with van der Waals surface area (Å²) >= 11 is 0. The first-order valence-electron chi connectivity index (χ1n) is 6.93. The van der Waals surface area contributed by atoms with Crippen LogP contribution in [0.2, 0.25) is 0 Å². The average molecular weight is 435 g/mol. The van der Waals surface area contributed by atoms with Crippen molar-refractivity contribution in [3.63, 3.8) is 0 Å². The molecule has 0 unspecified atom stereocenters. The van der Waals surface area contributed by atoms with Crippen molar-refractivity contribution in [2.75, 3.05) is 0 Å². The third-order valence-corrected chi connectivity index (χ3v) is 2.63. The number of aromatic nitrogens is 1. The molecule has 0 fully saturated rings. The molecule has 1 rings (SSSR count). The van der Waals surface area contributed by atoms with Crippen LogP contribution in [-0.4, -0.2) is 77.6 Å². The summed E-state index contributed by atoms with van der Waals surface area (Å²) in [6.07, 6.45) is 1.66. The Kier molecular flexibility index (Phi) is 17.0. The van der Waals surface area contributed by atoms with Crippen LogP contribution in [0.4, 0.5) is 0 Å². The van der Waals surface area contributed by atoms with Crippen LogP contribution in [0, 0.1) is 6.92 Å². The van der Waals surface area contributed by atoms with Crippen LogP contribution >= 0.6 is 7.82 Å². The fraction of sp³-hybridized carbons (Fsp3) is 0.385. The summed E-state index contributed by atoms with van der Waals surface area (Å²) in [5.74, 6) is -2.35. The Morgan fingerprint density at radius 2 is 1.82 bits per heavy atom. The van der Waals surface area contributed by atoms with Crippen LogP contribution in [-0.2, 0) is 20.8 Å². The van der Waals surface area contributed by atoms with Crippen molar-refractivity contribution >= 4 is 49.1 Å². The maximum absolute atomic E-state index is 10.5. The number of carbonyl (C=O) groups is 3. The summed E-state index contributed by atoms with van der Waals surface area (Å²) in [6.45, 7) is 1.29. The molecule has 0 aliphatic heterocycles. The van der Waals surface area contributed by atoms with E-state index in [1.165, 1.54) is 6.20 Å². The zero-order valence-electron chi connectivity index (χ0n) is 14.7. The van der Waals surface area contributed by atoms with Gasteiger partial charge in [-0.3, -0.25) is 19.4 Å². The number of hydrogen-bond acceptors (Lipinski definition) is 10. The van der Waals surface area contributed by atoms with Gasteiger partial charge in [0.2, 0.25) is 0 Å². The molecule has 0 saturated heterocycles. The van der Waals surface area contributed by atoms with E-state index in [2.05, 4.69) is 4.98 Å². The molecular weight excluding hydrogens is 415 g/mol. The Morgan fingerprint density at radius 3 is 2.14 bits per heavy atom. The van der Waals surface area contributed by atoms with E-state index in [0.717, 1.165) is 0 Å². The number of pyridine rings is 1. The first-order valence-corrected chi connectivity index (χ1v) is 8.42. The Labute approximate surface area is 175 Å². The van der Waals surface area contributed by atoms with Crippen LogP contribution in [0.3, 0.4) is 0 Å². The second-order valence-corrected chi connectivity index (χ2v) is 5.69. The number of aliphatic carboxylic acids is 2. The standard InChI is InChI=1S/C8H9NO3.C5H9NO4.Mg.H3O4P/c1-5-8(12)7(4-11)6(3-10)2-9-5;6-3(5(9)10)1-2-4(7)8;;1-5(2,3)4/h2,4,10,12H,3H2,1H3;3H,1-2,6H2,(H,7,8)(H,9,10);;(H3,1,2,3,4)/q;;+2;/p-2/t;3-;;/m.0../s1. The van der Waals surface area contributed by atoms with Crippen LogP contribution < -0.4 is 15.5 Å². The molecule has 154 valence electrons. The minimum atomic E-state index is -5.14. The topological polar surface area (TPSA) is 254 Å². The summed E-state index contributed by atoms with van der Waals surface area (Å²) in [5, 5.41) is 34.3. The van der Waals surface area contributed by atoms with Crippen LogP contribution in [0.1, 0.15) is 34.5 Å². The van der Waals surface area contributed by atoms with Gasteiger partial charge in [0, 0.05) is 18.2 Å². The molecule has 1 aromatic rings. The van der Waals surface area contributed by atoms with E-state index in [1.54, 1.807) is 6.92 Å². The summed E-state index contributed by atoms with van der Waals surface area (Å²) in [5.41, 5.74) is 5.84. The second-order valence-electron chi connectivity index (χ2n) is 4.75. The number of aldehydes is 1. The molecular formula is C13H19MgN2O11P. The number of carbonyl (C=O) groups excluding carboxylic acids is 1. The monoisotopic (exact) mass is 434 g/mol. The van der Waals surface area contributed by atoms with E-state index in [4.69, 9.17) is 40.3 Å². The number of nitrogens with zero attached hydrogens (tertiary/aromatic N) is 1. The van der Waals surface area contributed by atoms with Gasteiger partial charge >= 0.3 is 35.0 Å². The molecule has 0 radical (unpaired) electrons. The Balaban J connectivity index is -0.000000356. The fourth-order valence-corrected chi connectivity index (χ4v) is 1.31. The molecule has 0 spiro atoms. The van der Waals surface area contributed by atoms with Gasteiger partial charge in [-0.1, -0.05) is 0 Å². The number of carboxylic acids is 2. The fourth-order valence-electron chi connectivity index (χ4n) is 1.31. The number of aryl methyl sites for hydroxylation is 1. The zero-order chi connectivity index (χ0) is 21.8. The van der Waals surface area contributed by atoms with E-state index < -0.39 is 25.8 Å². The quantitative estimate of drug-likeness (QED) is 0.149. The maximum Gasteiger partial charge on any atom is 2.00 e. The number of rotatable bonds is 6. The van der Waals surface area contributed by atoms with E-state index in [0.29, 0.717) is 17.5 Å². The predicted octanol–water partition coefficient (Wildman–Crippen LogP) is -2.91. The molecule has 13 nitrogen and oxygen atoms in total. The smallest absolute Gasteiger partial charge is 0.790 e. The molecule has 0 aromatic carbocycles. The first kappa shape index (κ1) is 31.1. The van der Waals surface area contributed by atoms with Gasteiger partial charge in [-0.25, -0.2) is 0 Å². The third kappa shape index (κ3) is 16.5. The Bertz CT molecular complexity index is 687. The van der Waals surface area contributed by atoms with Crippen molar-refractivity contribution in [2.24, 2.45) is 5.73 Å². The molecule has 0 amide bonds. The molecule has 0 aliphatic rings. The van der Waals surface area contributed by atoms with Crippen molar-refractivity contribution < 1.29 is 54.1 Å². The molecule has 28 heavy (non-hydrogen) atoms.